The first-order valence-electron chi connectivity index (χ1n) is 7.88. The molecule has 130 valence electrons. The van der Waals surface area contributed by atoms with Crippen molar-refractivity contribution >= 4 is 34.8 Å². The molecule has 0 aromatic heterocycles. The van der Waals surface area contributed by atoms with Gasteiger partial charge in [-0.25, -0.2) is 4.90 Å². The molecule has 2 aromatic carbocycles. The number of imide groups is 1. The Hall–Kier alpha value is -3.69. The van der Waals surface area contributed by atoms with Crippen molar-refractivity contribution < 1.29 is 14.4 Å². The predicted octanol–water partition coefficient (Wildman–Crippen LogP) is 2.67. The van der Waals surface area contributed by atoms with E-state index >= 15 is 0 Å². The smallest absolute Gasteiger partial charge is 0.266 e. The van der Waals surface area contributed by atoms with Gasteiger partial charge in [0.05, 0.1) is 28.0 Å². The highest BCUT2D eigenvalue weighted by molar-refractivity contribution is 6.37. The second-order valence-electron chi connectivity index (χ2n) is 5.95. The van der Waals surface area contributed by atoms with Crippen LogP contribution in [0.25, 0.3) is 5.57 Å². The first kappa shape index (κ1) is 16.8. The largest absolute Gasteiger partial charge is 0.396 e. The number of rotatable bonds is 2. The van der Waals surface area contributed by atoms with Gasteiger partial charge in [0.15, 0.2) is 0 Å². The van der Waals surface area contributed by atoms with E-state index in [9.17, 15) is 19.6 Å². The van der Waals surface area contributed by atoms with Crippen molar-refractivity contribution in [3.63, 3.8) is 0 Å². The van der Waals surface area contributed by atoms with Crippen molar-refractivity contribution in [2.75, 3.05) is 0 Å². The van der Waals surface area contributed by atoms with E-state index in [1.807, 2.05) is 6.07 Å². The van der Waals surface area contributed by atoms with Gasteiger partial charge in [-0.05, 0) is 29.8 Å². The van der Waals surface area contributed by atoms with Crippen LogP contribution in [0.3, 0.4) is 0 Å². The van der Waals surface area contributed by atoms with Crippen LogP contribution in [-0.2, 0) is 4.79 Å². The van der Waals surface area contributed by atoms with Gasteiger partial charge in [0.1, 0.15) is 11.8 Å². The first-order valence-corrected chi connectivity index (χ1v) is 8.26. The Kier molecular flexibility index (Phi) is 3.69. The molecule has 0 saturated carbocycles. The van der Waals surface area contributed by atoms with Gasteiger partial charge < -0.3 is 5.73 Å². The summed E-state index contributed by atoms with van der Waals surface area (Å²) in [5.41, 5.74) is 6.31. The maximum absolute atomic E-state index is 13.1. The Balaban J connectivity index is 1.83. The molecule has 1 aliphatic heterocycles. The summed E-state index contributed by atoms with van der Waals surface area (Å²) in [4.78, 5) is 39.3. The number of fused-ring (bicyclic) bond motifs is 1. The fourth-order valence-corrected chi connectivity index (χ4v) is 3.36. The lowest BCUT2D eigenvalue weighted by molar-refractivity contribution is -0.111. The van der Waals surface area contributed by atoms with E-state index in [0.717, 1.165) is 4.90 Å². The molecule has 6 nitrogen and oxygen atoms in total. The Morgan fingerprint density at radius 3 is 2.00 bits per heavy atom. The van der Waals surface area contributed by atoms with Crippen LogP contribution < -0.4 is 5.73 Å². The summed E-state index contributed by atoms with van der Waals surface area (Å²) in [6.45, 7) is 0. The maximum atomic E-state index is 13.1. The third-order valence-electron chi connectivity index (χ3n) is 4.48. The van der Waals surface area contributed by atoms with Gasteiger partial charge in [-0.1, -0.05) is 35.9 Å². The number of hydrogen-bond acceptors (Lipinski definition) is 5. The zero-order valence-corrected chi connectivity index (χ0v) is 14.4. The van der Waals surface area contributed by atoms with Gasteiger partial charge >= 0.3 is 0 Å². The lowest BCUT2D eigenvalue weighted by Crippen LogP contribution is -2.33. The minimum absolute atomic E-state index is 0.0400. The Labute approximate surface area is 158 Å². The lowest BCUT2D eigenvalue weighted by atomic mass is 10.0. The molecule has 0 bridgehead atoms. The summed E-state index contributed by atoms with van der Waals surface area (Å²) in [7, 11) is 0. The normalized spacial score (nSPS) is 16.3. The minimum atomic E-state index is -0.652. The molecule has 7 heteroatoms. The molecule has 0 spiro atoms. The van der Waals surface area contributed by atoms with Gasteiger partial charge in [0, 0.05) is 5.02 Å². The van der Waals surface area contributed by atoms with E-state index in [1.165, 1.54) is 12.1 Å². The van der Waals surface area contributed by atoms with Crippen LogP contribution in [0.4, 0.5) is 0 Å². The van der Waals surface area contributed by atoms with E-state index in [-0.39, 0.29) is 33.7 Å². The summed E-state index contributed by atoms with van der Waals surface area (Å²) in [6, 6.07) is 14.5. The highest BCUT2D eigenvalue weighted by atomic mass is 35.5. The lowest BCUT2D eigenvalue weighted by Gasteiger charge is -2.15. The zero-order valence-electron chi connectivity index (χ0n) is 13.7. The number of allylic oxidation sites excluding steroid dienone is 2. The standard InChI is InChI=1S/C20H10ClN3O3/c21-11-7-5-10(6-8-11)15-14(9-22)16(23)17(18(15)25)24-19(26)12-3-1-2-4-13(12)20(24)27/h1-8H,23H2. The predicted molar refractivity (Wildman–Crippen MR) is 97.1 cm³/mol. The van der Waals surface area contributed by atoms with Gasteiger partial charge in [-0.3, -0.25) is 14.4 Å². The van der Waals surface area contributed by atoms with Crippen molar-refractivity contribution in [2.45, 2.75) is 0 Å². The van der Waals surface area contributed by atoms with Gasteiger partial charge in [0.2, 0.25) is 5.78 Å². The summed E-state index contributed by atoms with van der Waals surface area (Å²) in [5, 5.41) is 9.98. The Morgan fingerprint density at radius 1 is 0.926 bits per heavy atom. The quantitative estimate of drug-likeness (QED) is 0.812. The molecule has 1 aliphatic carbocycles. The van der Waals surface area contributed by atoms with Crippen molar-refractivity contribution in [2.24, 2.45) is 5.73 Å². The molecule has 0 fully saturated rings. The fraction of sp³-hybridized carbons (Fsp3) is 0. The van der Waals surface area contributed by atoms with Crippen LogP contribution in [-0.4, -0.2) is 22.5 Å². The number of nitrogens with zero attached hydrogens (tertiary/aromatic N) is 2. The summed E-state index contributed by atoms with van der Waals surface area (Å²) in [6.07, 6.45) is 0. The molecule has 0 radical (unpaired) electrons. The Bertz CT molecular complexity index is 1120. The summed E-state index contributed by atoms with van der Waals surface area (Å²) >= 11 is 5.88. The van der Waals surface area contributed by atoms with Crippen LogP contribution in [0.1, 0.15) is 26.3 Å². The molecule has 1 heterocycles. The molecule has 2 aliphatic rings. The number of halogens is 1. The van der Waals surface area contributed by atoms with Gasteiger partial charge in [-0.2, -0.15) is 5.26 Å². The molecule has 0 atom stereocenters. The topological polar surface area (TPSA) is 104 Å². The minimum Gasteiger partial charge on any atom is -0.396 e. The van der Waals surface area contributed by atoms with E-state index in [2.05, 4.69) is 0 Å². The monoisotopic (exact) mass is 375 g/mol. The number of ketones is 1. The molecule has 2 amide bonds. The SMILES string of the molecule is N#CC1=C(c2ccc(Cl)cc2)C(=O)C(N2C(=O)c3ccccc3C2=O)=C1N. The summed E-state index contributed by atoms with van der Waals surface area (Å²) in [5.74, 6) is -1.94. The average molecular weight is 376 g/mol. The number of nitriles is 1. The van der Waals surface area contributed by atoms with E-state index in [0.29, 0.717) is 10.6 Å². The first-order chi connectivity index (χ1) is 13.0. The molecule has 0 unspecified atom stereocenters. The number of benzene rings is 2. The number of carbonyl (C=O) groups excluding carboxylic acids is 3. The number of hydrogen-bond donors (Lipinski definition) is 1. The second-order valence-corrected chi connectivity index (χ2v) is 6.39. The van der Waals surface area contributed by atoms with Crippen LogP contribution in [0.5, 0.6) is 0 Å². The highest BCUT2D eigenvalue weighted by Crippen LogP contribution is 2.38. The van der Waals surface area contributed by atoms with Gasteiger partial charge in [-0.15, -0.1) is 0 Å². The Morgan fingerprint density at radius 2 is 1.48 bits per heavy atom. The van der Waals surface area contributed by atoms with Crippen molar-refractivity contribution in [3.8, 4) is 6.07 Å². The second kappa shape index (κ2) is 5.94. The number of amides is 2. The number of nitrogens with two attached hydrogens (primary N) is 1. The van der Waals surface area contributed by atoms with E-state index < -0.39 is 17.6 Å². The molecule has 4 rings (SSSR count). The number of Topliss-reactive ketones (excluding diaryl/α,β-unsaturated/α-hetero) is 1. The molecule has 27 heavy (non-hydrogen) atoms. The molecular weight excluding hydrogens is 366 g/mol. The van der Waals surface area contributed by atoms with Gasteiger partial charge in [0.25, 0.3) is 11.8 Å². The average Bonchev–Trinajstić information content (AvgIpc) is 3.06. The zero-order chi connectivity index (χ0) is 19.3. The maximum Gasteiger partial charge on any atom is 0.266 e. The third kappa shape index (κ3) is 2.30. The van der Waals surface area contributed by atoms with Crippen molar-refractivity contribution in [1.82, 2.24) is 4.90 Å². The highest BCUT2D eigenvalue weighted by Gasteiger charge is 2.45. The van der Waals surface area contributed by atoms with Crippen LogP contribution in [0.15, 0.2) is 65.5 Å². The third-order valence-corrected chi connectivity index (χ3v) is 4.73. The molecule has 2 N–H and O–H groups in total. The molecule has 2 aromatic rings. The van der Waals surface area contributed by atoms with E-state index in [4.69, 9.17) is 17.3 Å². The molecular formula is C20H10ClN3O3. The molecule has 0 saturated heterocycles. The van der Waals surface area contributed by atoms with Crippen LogP contribution in [0.2, 0.25) is 5.02 Å². The summed E-state index contributed by atoms with van der Waals surface area (Å²) < 4.78 is 0. The fourth-order valence-electron chi connectivity index (χ4n) is 3.23. The van der Waals surface area contributed by atoms with Crippen molar-refractivity contribution in [3.05, 3.63) is 87.2 Å². The van der Waals surface area contributed by atoms with Crippen molar-refractivity contribution in [1.29, 1.82) is 5.26 Å². The number of carbonyl (C=O) groups is 3. The van der Waals surface area contributed by atoms with Crippen LogP contribution >= 0.6 is 11.6 Å². The van der Waals surface area contributed by atoms with E-state index in [1.54, 1.807) is 36.4 Å². The van der Waals surface area contributed by atoms with Crippen LogP contribution in [0, 0.1) is 11.3 Å².